The van der Waals surface area contributed by atoms with Crippen LogP contribution in [0.2, 0.25) is 0 Å². The second-order valence-corrected chi connectivity index (χ2v) is 1.53. The van der Waals surface area contributed by atoms with Gasteiger partial charge in [-0.25, -0.2) is 0 Å². The van der Waals surface area contributed by atoms with Gasteiger partial charge >= 0.3 is 29.6 Å². The van der Waals surface area contributed by atoms with E-state index in [1.54, 1.807) is 30.4 Å². The van der Waals surface area contributed by atoms with Crippen LogP contribution in [0.5, 0.6) is 0 Å². The Morgan fingerprint density at radius 2 is 2.30 bits per heavy atom. The number of aromatic nitrogens is 2. The maximum atomic E-state index is 9.82. The fraction of sp³-hybridized carbons (Fsp3) is 0.200. The minimum absolute atomic E-state index is 0. The molecule has 1 heterocycles. The van der Waals surface area contributed by atoms with Crippen LogP contribution in [0.4, 0.5) is 0 Å². The van der Waals surface area contributed by atoms with Gasteiger partial charge in [-0.2, -0.15) is 0 Å². The van der Waals surface area contributed by atoms with Crippen molar-refractivity contribution in [2.75, 3.05) is 0 Å². The van der Waals surface area contributed by atoms with Crippen LogP contribution in [-0.4, -0.2) is 21.3 Å². The topological polar surface area (TPSA) is 64.9 Å². The summed E-state index contributed by atoms with van der Waals surface area (Å²) in [5.74, 6) is 0. The summed E-state index contributed by atoms with van der Waals surface area (Å²) >= 11 is 0. The molecule has 0 radical (unpaired) electrons. The summed E-state index contributed by atoms with van der Waals surface area (Å²) in [5, 5.41) is 0. The van der Waals surface area contributed by atoms with Crippen LogP contribution in [0.3, 0.4) is 0 Å². The maximum absolute atomic E-state index is 9.82. The third kappa shape index (κ3) is 3.12. The van der Waals surface area contributed by atoms with Gasteiger partial charge in [-0.15, -0.1) is 6.20 Å². The van der Waals surface area contributed by atoms with Gasteiger partial charge in [-0.05, 0) is 12.7 Å². The van der Waals surface area contributed by atoms with E-state index in [0.717, 1.165) is 0 Å². The molecule has 10 heavy (non-hydrogen) atoms. The van der Waals surface area contributed by atoms with Crippen molar-refractivity contribution in [1.82, 2.24) is 9.55 Å². The molecule has 0 atom stereocenters. The van der Waals surface area contributed by atoms with Crippen LogP contribution >= 0.6 is 0 Å². The Labute approximate surface area is 80.9 Å². The normalized spacial score (nSPS) is 7.30. The van der Waals surface area contributed by atoms with Gasteiger partial charge in [0.05, 0.1) is 6.33 Å². The van der Waals surface area contributed by atoms with E-state index in [2.05, 4.69) is 4.98 Å². The van der Waals surface area contributed by atoms with Crippen molar-refractivity contribution in [3.05, 3.63) is 18.2 Å². The third-order valence-electron chi connectivity index (χ3n) is 0.809. The van der Waals surface area contributed by atoms with Gasteiger partial charge in [-0.1, -0.05) is 0 Å². The number of hydrogen-bond acceptors (Lipinski definition) is 3. The number of aryl methyl sites for hydroxylation is 1. The van der Waals surface area contributed by atoms with Gasteiger partial charge in [0.25, 0.3) is 0 Å². The first-order valence-corrected chi connectivity index (χ1v) is 2.19. The molecule has 5 heteroatoms. The zero-order valence-corrected chi connectivity index (χ0v) is 7.90. The number of imidazole rings is 1. The van der Waals surface area contributed by atoms with Gasteiger partial charge in [0.15, 0.2) is 0 Å². The minimum atomic E-state index is 0. The van der Waals surface area contributed by atoms with Crippen LogP contribution in [0, 0.1) is 0 Å². The average molecular weight is 149 g/mol. The van der Waals surface area contributed by atoms with Gasteiger partial charge in [0.2, 0.25) is 0 Å². The Morgan fingerprint density at radius 1 is 1.70 bits per heavy atom. The molecule has 1 N–H and O–H groups in total. The zero-order valence-electron chi connectivity index (χ0n) is 5.90. The van der Waals surface area contributed by atoms with Gasteiger partial charge in [0, 0.05) is 6.29 Å². The summed E-state index contributed by atoms with van der Waals surface area (Å²) in [6.45, 7) is 0. The maximum Gasteiger partial charge on any atom is 1.00 e. The molecular formula is C5H6N2NaO2-. The second-order valence-electron chi connectivity index (χ2n) is 1.53. The van der Waals surface area contributed by atoms with E-state index in [-0.39, 0.29) is 35.0 Å². The summed E-state index contributed by atoms with van der Waals surface area (Å²) in [4.78, 5) is 13.5. The zero-order chi connectivity index (χ0) is 5.98. The fourth-order valence-electron chi connectivity index (χ4n) is 0.466. The number of nitrogens with zero attached hydrogens (tertiary/aromatic N) is 2. The van der Waals surface area contributed by atoms with Crippen molar-refractivity contribution < 1.29 is 39.8 Å². The molecule has 0 unspecified atom stereocenters. The molecule has 0 spiro atoms. The Morgan fingerprint density at radius 3 is 2.50 bits per heavy atom. The number of rotatable bonds is 1. The van der Waals surface area contributed by atoms with Crippen molar-refractivity contribution in [1.29, 1.82) is 0 Å². The van der Waals surface area contributed by atoms with E-state index in [1.165, 1.54) is 0 Å². The molecule has 0 aromatic carbocycles. The molecule has 0 saturated heterocycles. The number of hydrogen-bond donors (Lipinski definition) is 0. The predicted octanol–water partition coefficient (Wildman–Crippen LogP) is -3.29. The first kappa shape index (κ1) is 12.5. The first-order valence-electron chi connectivity index (χ1n) is 2.19. The molecule has 0 aliphatic carbocycles. The molecular weight excluding hydrogens is 143 g/mol. The Hall–Kier alpha value is -0.160. The fourth-order valence-corrected chi connectivity index (χ4v) is 0.466. The average Bonchev–Trinajstić information content (AvgIpc) is 2.14. The van der Waals surface area contributed by atoms with E-state index in [9.17, 15) is 4.79 Å². The Bertz CT molecular complexity index is 199. The Balaban J connectivity index is 0. The van der Waals surface area contributed by atoms with E-state index in [1.807, 2.05) is 0 Å². The molecule has 0 bridgehead atoms. The predicted molar refractivity (Wildman–Crippen MR) is 29.9 cm³/mol. The molecule has 1 rings (SSSR count). The molecule has 1 aromatic rings. The largest absolute Gasteiger partial charge is 1.00 e. The van der Waals surface area contributed by atoms with Crippen LogP contribution in [0.15, 0.2) is 12.5 Å². The van der Waals surface area contributed by atoms with Crippen LogP contribution in [0.1, 0.15) is 5.69 Å². The van der Waals surface area contributed by atoms with Crippen molar-refractivity contribution in [2.45, 2.75) is 0 Å². The summed E-state index contributed by atoms with van der Waals surface area (Å²) in [6.07, 6.45) is 4.83. The van der Waals surface area contributed by atoms with Crippen molar-refractivity contribution in [2.24, 2.45) is 7.05 Å². The van der Waals surface area contributed by atoms with Gasteiger partial charge in [0.1, 0.15) is 0 Å². The summed E-state index contributed by atoms with van der Waals surface area (Å²) in [5.41, 5.74) is 0.354. The van der Waals surface area contributed by atoms with Crippen molar-refractivity contribution >= 4 is 6.29 Å². The quantitative estimate of drug-likeness (QED) is 0.310. The van der Waals surface area contributed by atoms with Gasteiger partial charge < -0.3 is 14.8 Å². The summed E-state index contributed by atoms with van der Waals surface area (Å²) < 4.78 is 1.69. The SMILES string of the molecule is Cn1cnc([C-]=O)c1.[Na+].[OH-]. The van der Waals surface area contributed by atoms with E-state index >= 15 is 0 Å². The van der Waals surface area contributed by atoms with Crippen molar-refractivity contribution in [3.63, 3.8) is 0 Å². The van der Waals surface area contributed by atoms with E-state index < -0.39 is 0 Å². The second kappa shape index (κ2) is 5.61. The minimum Gasteiger partial charge on any atom is -0.870 e. The van der Waals surface area contributed by atoms with E-state index in [0.29, 0.717) is 5.69 Å². The molecule has 0 amide bonds. The third-order valence-corrected chi connectivity index (χ3v) is 0.809. The molecule has 1 aromatic heterocycles. The smallest absolute Gasteiger partial charge is 0.870 e. The number of carbonyl (C=O) groups excluding carboxylic acids is 1. The summed E-state index contributed by atoms with van der Waals surface area (Å²) in [7, 11) is 1.80. The molecule has 4 nitrogen and oxygen atoms in total. The molecule has 50 valence electrons. The van der Waals surface area contributed by atoms with Crippen LogP contribution in [-0.2, 0) is 11.8 Å². The monoisotopic (exact) mass is 149 g/mol. The van der Waals surface area contributed by atoms with Crippen molar-refractivity contribution in [3.8, 4) is 0 Å². The standard InChI is InChI=1S/C5H5N2O.Na.H2O/c1-7-2-5(3-8)6-4-7;;/h2,4H,1H3;;1H2/q-1;+1;/p-1. The van der Waals surface area contributed by atoms with E-state index in [4.69, 9.17) is 0 Å². The molecule has 0 fully saturated rings. The summed E-state index contributed by atoms with van der Waals surface area (Å²) in [6, 6.07) is 0. The first-order chi connectivity index (χ1) is 3.83. The molecule has 0 aliphatic rings. The van der Waals surface area contributed by atoms with Crippen LogP contribution < -0.4 is 29.6 Å². The molecule has 0 aliphatic heterocycles. The van der Waals surface area contributed by atoms with Crippen LogP contribution in [0.25, 0.3) is 0 Å². The Kier molecular flexibility index (Phi) is 7.02. The van der Waals surface area contributed by atoms with Gasteiger partial charge in [-0.3, -0.25) is 4.98 Å². The molecule has 0 saturated carbocycles.